The van der Waals surface area contributed by atoms with Crippen molar-refractivity contribution in [2.45, 2.75) is 156 Å². The Morgan fingerprint density at radius 3 is 1.53 bits per heavy atom. The minimum Gasteiger partial charge on any atom is -0.316 e. The fraction of sp³-hybridized carbons (Fsp3) is 0.745. The van der Waals surface area contributed by atoms with Gasteiger partial charge in [-0.25, -0.2) is 0 Å². The molecule has 276 valence electrons. The molecule has 0 amide bonds. The Hall–Kier alpha value is -0.780. The second-order valence-corrected chi connectivity index (χ2v) is 26.4. The van der Waals surface area contributed by atoms with Crippen LogP contribution in [0.1, 0.15) is 139 Å². The number of rotatable bonds is 10. The van der Waals surface area contributed by atoms with Gasteiger partial charge in [-0.15, -0.1) is 0 Å². The van der Waals surface area contributed by atoms with Crippen molar-refractivity contribution in [2.24, 2.45) is 35.5 Å². The molecule has 10 aliphatic rings. The molecule has 10 fully saturated rings. The van der Waals surface area contributed by atoms with Gasteiger partial charge in [0.2, 0.25) is 0 Å². The fourth-order valence-electron chi connectivity index (χ4n) is 15.1. The molecule has 2 N–H and O–H groups in total. The van der Waals surface area contributed by atoms with E-state index in [-0.39, 0.29) is 21.3 Å². The number of piperidine rings is 2. The molecule has 2 unspecified atom stereocenters. The van der Waals surface area contributed by atoms with Crippen LogP contribution < -0.4 is 10.6 Å². The third-order valence-corrected chi connectivity index (χ3v) is 24.2. The Bertz CT molecular complexity index is 1400. The average Bonchev–Trinajstić information content (AvgIpc) is 3.13. The second-order valence-electron chi connectivity index (χ2n) is 20.5. The summed E-state index contributed by atoms with van der Waals surface area (Å²) in [7, 11) is -0.143. The van der Waals surface area contributed by atoms with Crippen LogP contribution in [0.5, 0.6) is 0 Å². The Balaban J connectivity index is 1.07. The highest BCUT2D eigenvalue weighted by molar-refractivity contribution is 7.60. The molecule has 4 heteroatoms. The molecular formula is C47H68N2P2. The number of benzene rings is 2. The molecule has 2 aromatic carbocycles. The van der Waals surface area contributed by atoms with Gasteiger partial charge in [0.25, 0.3) is 0 Å². The molecule has 0 radical (unpaired) electrons. The van der Waals surface area contributed by atoms with Crippen molar-refractivity contribution in [3.05, 3.63) is 70.8 Å². The smallest absolute Gasteiger partial charge is 0.0146 e. The molecular weight excluding hydrogens is 654 g/mol. The lowest BCUT2D eigenvalue weighted by Crippen LogP contribution is -2.56. The lowest BCUT2D eigenvalue weighted by atomic mass is 9.55. The molecule has 51 heavy (non-hydrogen) atoms. The van der Waals surface area contributed by atoms with E-state index in [4.69, 9.17) is 0 Å². The van der Waals surface area contributed by atoms with Gasteiger partial charge in [0.05, 0.1) is 0 Å². The highest BCUT2D eigenvalue weighted by Crippen LogP contribution is 2.80. The summed E-state index contributed by atoms with van der Waals surface area (Å²) < 4.78 is 0. The van der Waals surface area contributed by atoms with Crippen LogP contribution in [0.25, 0.3) is 0 Å². The monoisotopic (exact) mass is 722 g/mol. The van der Waals surface area contributed by atoms with E-state index in [9.17, 15) is 0 Å². The summed E-state index contributed by atoms with van der Waals surface area (Å²) in [6.45, 7) is 9.99. The second kappa shape index (κ2) is 13.8. The van der Waals surface area contributed by atoms with Crippen molar-refractivity contribution in [1.29, 1.82) is 0 Å². The SMILES string of the molecule is CC(C)(c1ccccc1)c1ccc(CP(C23CC4CC(CC(C4)C2)C3)C23CC4CC(CC(C4)C2)C3)c(CP(C2CCCNC2)C2CCCNC2)c1. The van der Waals surface area contributed by atoms with Crippen LogP contribution in [0.4, 0.5) is 0 Å². The van der Waals surface area contributed by atoms with Crippen LogP contribution in [0.3, 0.4) is 0 Å². The highest BCUT2D eigenvalue weighted by Gasteiger charge is 2.62. The molecule has 2 atom stereocenters. The van der Waals surface area contributed by atoms with E-state index in [1.54, 1.807) is 88.2 Å². The zero-order valence-electron chi connectivity index (χ0n) is 32.2. The molecule has 8 saturated carbocycles. The first kappa shape index (κ1) is 34.7. The van der Waals surface area contributed by atoms with Gasteiger partial charge < -0.3 is 10.6 Å². The van der Waals surface area contributed by atoms with E-state index in [0.717, 1.165) is 46.8 Å². The summed E-state index contributed by atoms with van der Waals surface area (Å²) in [5.41, 5.74) is 8.43. The van der Waals surface area contributed by atoms with Gasteiger partial charge in [0, 0.05) is 18.5 Å². The largest absolute Gasteiger partial charge is 0.316 e. The first-order chi connectivity index (χ1) is 24.8. The van der Waals surface area contributed by atoms with E-state index in [1.165, 1.54) is 69.7 Å². The van der Waals surface area contributed by atoms with Crippen LogP contribution in [0, 0.1) is 35.5 Å². The van der Waals surface area contributed by atoms with Gasteiger partial charge in [-0.1, -0.05) is 78.2 Å². The highest BCUT2D eigenvalue weighted by atomic mass is 31.1. The van der Waals surface area contributed by atoms with Crippen LogP contribution in [-0.2, 0) is 17.7 Å². The third-order valence-electron chi connectivity index (χ3n) is 16.7. The lowest BCUT2D eigenvalue weighted by molar-refractivity contribution is 0.0184. The molecule has 8 aliphatic carbocycles. The maximum Gasteiger partial charge on any atom is 0.0146 e. The van der Waals surface area contributed by atoms with Gasteiger partial charge in [0.15, 0.2) is 0 Å². The van der Waals surface area contributed by atoms with Crippen molar-refractivity contribution in [3.63, 3.8) is 0 Å². The van der Waals surface area contributed by atoms with Gasteiger partial charge in [0.1, 0.15) is 0 Å². The van der Waals surface area contributed by atoms with Crippen molar-refractivity contribution >= 4 is 15.8 Å². The average molecular weight is 723 g/mol. The molecule has 12 rings (SSSR count). The van der Waals surface area contributed by atoms with Gasteiger partial charge in [-0.3, -0.25) is 0 Å². The standard InChI is InChI=1S/C47H68N2P2/c1-45(2,41-8-4-3-5-9-41)42-13-12-39(40(22-42)31-50(43-10-6-14-48-29-43)44-11-7-15-49-30-44)32-51(46-23-33-16-34(24-46)18-35(17-33)25-46)47-26-36-19-37(27-47)21-38(20-36)28-47/h3-5,8-9,12-13,22,33-38,43-44,48-49H,6-7,10-11,14-21,23-32H2,1-2H3. The van der Waals surface area contributed by atoms with Crippen molar-refractivity contribution in [3.8, 4) is 0 Å². The first-order valence-corrected chi connectivity index (χ1v) is 25.2. The molecule has 2 nitrogen and oxygen atoms in total. The van der Waals surface area contributed by atoms with Crippen molar-refractivity contribution in [1.82, 2.24) is 10.6 Å². The predicted molar refractivity (Wildman–Crippen MR) is 220 cm³/mol. The summed E-state index contributed by atoms with van der Waals surface area (Å²) in [4.78, 5) is 0. The van der Waals surface area contributed by atoms with E-state index >= 15 is 0 Å². The number of hydrogen-bond donors (Lipinski definition) is 2. The summed E-state index contributed by atoms with van der Waals surface area (Å²) in [6, 6.07) is 19.7. The summed E-state index contributed by atoms with van der Waals surface area (Å²) in [5.74, 6) is 6.38. The van der Waals surface area contributed by atoms with Gasteiger partial charge in [-0.2, -0.15) is 0 Å². The van der Waals surface area contributed by atoms with Crippen molar-refractivity contribution in [2.75, 3.05) is 26.2 Å². The van der Waals surface area contributed by atoms with Gasteiger partial charge in [-0.05, 0) is 208 Å². The molecule has 2 aliphatic heterocycles. The third kappa shape index (κ3) is 6.47. The van der Waals surface area contributed by atoms with Gasteiger partial charge >= 0.3 is 0 Å². The van der Waals surface area contributed by atoms with E-state index in [1.807, 2.05) is 5.56 Å². The normalized spacial score (nSPS) is 41.1. The Labute approximate surface area is 313 Å². The zero-order valence-corrected chi connectivity index (χ0v) is 34.0. The Morgan fingerprint density at radius 2 is 1.08 bits per heavy atom. The van der Waals surface area contributed by atoms with Crippen LogP contribution in [-0.4, -0.2) is 47.8 Å². The molecule has 2 saturated heterocycles. The predicted octanol–water partition coefficient (Wildman–Crippen LogP) is 11.4. The maximum absolute atomic E-state index is 3.89. The first-order valence-electron chi connectivity index (χ1n) is 22.0. The summed E-state index contributed by atoms with van der Waals surface area (Å²) >= 11 is 0. The molecule has 0 aromatic heterocycles. The van der Waals surface area contributed by atoms with E-state index in [2.05, 4.69) is 73.0 Å². The summed E-state index contributed by atoms with van der Waals surface area (Å²) in [6.07, 6.45) is 27.7. The Kier molecular flexibility index (Phi) is 9.36. The zero-order chi connectivity index (χ0) is 34.2. The summed E-state index contributed by atoms with van der Waals surface area (Å²) in [5, 5.41) is 9.17. The molecule has 8 bridgehead atoms. The number of nitrogens with one attached hydrogen (secondary N) is 2. The lowest BCUT2D eigenvalue weighted by Gasteiger charge is -2.67. The topological polar surface area (TPSA) is 24.1 Å². The van der Waals surface area contributed by atoms with Crippen LogP contribution in [0.15, 0.2) is 48.5 Å². The van der Waals surface area contributed by atoms with Crippen molar-refractivity contribution < 1.29 is 0 Å². The van der Waals surface area contributed by atoms with Crippen LogP contribution in [0.2, 0.25) is 0 Å². The molecule has 2 aromatic rings. The fourth-order valence-corrected chi connectivity index (χ4v) is 23.9. The molecule has 2 heterocycles. The minimum absolute atomic E-state index is 0.0146. The van der Waals surface area contributed by atoms with Crippen LogP contribution >= 0.6 is 15.8 Å². The minimum atomic E-state index is -0.0888. The van der Waals surface area contributed by atoms with E-state index in [0.29, 0.717) is 10.3 Å². The van der Waals surface area contributed by atoms with E-state index < -0.39 is 0 Å². The number of hydrogen-bond acceptors (Lipinski definition) is 2. The Morgan fingerprint density at radius 1 is 0.588 bits per heavy atom. The maximum atomic E-state index is 3.89. The quantitative estimate of drug-likeness (QED) is 0.239. The molecule has 0 spiro atoms.